The summed E-state index contributed by atoms with van der Waals surface area (Å²) in [5.41, 5.74) is 0.514. The van der Waals surface area contributed by atoms with E-state index in [-0.39, 0.29) is 24.6 Å². The molecule has 5 nitrogen and oxygen atoms in total. The number of hydrogen-bond donors (Lipinski definition) is 1. The van der Waals surface area contributed by atoms with E-state index in [4.69, 9.17) is 5.11 Å². The van der Waals surface area contributed by atoms with Crippen molar-refractivity contribution in [1.82, 2.24) is 4.31 Å². The summed E-state index contributed by atoms with van der Waals surface area (Å²) in [6, 6.07) is 6.50. The number of para-hydroxylation sites is 1. The number of piperazine rings is 1. The predicted octanol–water partition coefficient (Wildman–Crippen LogP) is 0.660. The lowest BCUT2D eigenvalue weighted by Gasteiger charge is -2.35. The molecule has 0 amide bonds. The molecule has 0 unspecified atom stereocenters. The molecule has 1 aliphatic rings. The first kappa shape index (κ1) is 15.2. The molecular weight excluding hydrogens is 283 g/mol. The summed E-state index contributed by atoms with van der Waals surface area (Å²) in [4.78, 5) is 1.85. The van der Waals surface area contributed by atoms with Crippen molar-refractivity contribution in [2.24, 2.45) is 0 Å². The summed E-state index contributed by atoms with van der Waals surface area (Å²) >= 11 is 0. The summed E-state index contributed by atoms with van der Waals surface area (Å²) in [6.07, 6.45) is 0.246. The van der Waals surface area contributed by atoms with Crippen LogP contribution in [0.1, 0.15) is 6.42 Å². The Morgan fingerprint density at radius 3 is 2.40 bits per heavy atom. The zero-order chi connectivity index (χ0) is 14.6. The highest BCUT2D eigenvalue weighted by atomic mass is 32.2. The van der Waals surface area contributed by atoms with Crippen molar-refractivity contribution in [3.05, 3.63) is 30.1 Å². The molecule has 1 N–H and O–H groups in total. The number of hydrogen-bond acceptors (Lipinski definition) is 4. The van der Waals surface area contributed by atoms with E-state index in [2.05, 4.69) is 0 Å². The van der Waals surface area contributed by atoms with Crippen molar-refractivity contribution in [2.75, 3.05) is 43.4 Å². The molecule has 1 heterocycles. The third-order valence-electron chi connectivity index (χ3n) is 3.39. The van der Waals surface area contributed by atoms with Crippen LogP contribution in [-0.4, -0.2) is 56.4 Å². The van der Waals surface area contributed by atoms with Gasteiger partial charge in [0, 0.05) is 32.8 Å². The van der Waals surface area contributed by atoms with Crippen LogP contribution in [0.4, 0.5) is 10.1 Å². The third kappa shape index (κ3) is 3.47. The van der Waals surface area contributed by atoms with Crippen molar-refractivity contribution >= 4 is 15.7 Å². The third-order valence-corrected chi connectivity index (χ3v) is 5.34. The van der Waals surface area contributed by atoms with Crippen LogP contribution in [0.2, 0.25) is 0 Å². The second kappa shape index (κ2) is 6.51. The summed E-state index contributed by atoms with van der Waals surface area (Å²) < 4.78 is 39.0. The van der Waals surface area contributed by atoms with Crippen LogP contribution in [-0.2, 0) is 10.0 Å². The highest BCUT2D eigenvalue weighted by Crippen LogP contribution is 2.21. The first-order valence-electron chi connectivity index (χ1n) is 6.63. The number of aliphatic hydroxyl groups is 1. The molecule has 1 fully saturated rings. The molecule has 20 heavy (non-hydrogen) atoms. The minimum atomic E-state index is -3.31. The summed E-state index contributed by atoms with van der Waals surface area (Å²) in [6.45, 7) is 1.51. The largest absolute Gasteiger partial charge is 0.396 e. The number of aliphatic hydroxyl groups excluding tert-OH is 1. The molecule has 0 spiro atoms. The predicted molar refractivity (Wildman–Crippen MR) is 75.7 cm³/mol. The Kier molecular flexibility index (Phi) is 4.95. The van der Waals surface area contributed by atoms with Crippen molar-refractivity contribution < 1.29 is 17.9 Å². The van der Waals surface area contributed by atoms with Crippen LogP contribution in [0.3, 0.4) is 0 Å². The van der Waals surface area contributed by atoms with Gasteiger partial charge >= 0.3 is 0 Å². The Bertz CT molecular complexity index is 542. The lowest BCUT2D eigenvalue weighted by atomic mass is 10.2. The van der Waals surface area contributed by atoms with Crippen LogP contribution in [0.5, 0.6) is 0 Å². The zero-order valence-electron chi connectivity index (χ0n) is 11.2. The molecule has 0 atom stereocenters. The van der Waals surface area contributed by atoms with Gasteiger partial charge in [-0.15, -0.1) is 0 Å². The van der Waals surface area contributed by atoms with E-state index < -0.39 is 10.0 Å². The standard InChI is InChI=1S/C13H19FN2O3S/c14-12-4-1-2-5-13(12)15-6-8-16(9-7-15)20(18,19)11-3-10-17/h1-2,4-5,17H,3,6-11H2. The summed E-state index contributed by atoms with van der Waals surface area (Å²) in [5.74, 6) is -0.326. The van der Waals surface area contributed by atoms with Gasteiger partial charge in [-0.2, -0.15) is 4.31 Å². The second-order valence-electron chi connectivity index (χ2n) is 4.73. The number of nitrogens with zero attached hydrogens (tertiary/aromatic N) is 2. The van der Waals surface area contributed by atoms with Crippen LogP contribution >= 0.6 is 0 Å². The van der Waals surface area contributed by atoms with Crippen LogP contribution < -0.4 is 4.90 Å². The maximum atomic E-state index is 13.7. The molecule has 1 aliphatic heterocycles. The lowest BCUT2D eigenvalue weighted by Crippen LogP contribution is -2.49. The smallest absolute Gasteiger partial charge is 0.214 e. The van der Waals surface area contributed by atoms with E-state index in [9.17, 15) is 12.8 Å². The Hall–Kier alpha value is -1.18. The number of halogens is 1. The Labute approximate surface area is 118 Å². The maximum absolute atomic E-state index is 13.7. The van der Waals surface area contributed by atoms with E-state index in [1.54, 1.807) is 18.2 Å². The Morgan fingerprint density at radius 2 is 1.80 bits per heavy atom. The average Bonchev–Trinajstić information content (AvgIpc) is 2.46. The topological polar surface area (TPSA) is 60.9 Å². The molecule has 2 rings (SSSR count). The first-order chi connectivity index (χ1) is 9.54. The molecular formula is C13H19FN2O3S. The van der Waals surface area contributed by atoms with E-state index in [1.165, 1.54) is 10.4 Å². The van der Waals surface area contributed by atoms with Gasteiger partial charge in [0.2, 0.25) is 10.0 Å². The zero-order valence-corrected chi connectivity index (χ0v) is 12.0. The number of rotatable bonds is 5. The fourth-order valence-corrected chi connectivity index (χ4v) is 3.76. The van der Waals surface area contributed by atoms with Crippen LogP contribution in [0.25, 0.3) is 0 Å². The molecule has 1 aromatic rings. The van der Waals surface area contributed by atoms with E-state index in [0.29, 0.717) is 31.9 Å². The summed E-state index contributed by atoms with van der Waals surface area (Å²) in [5, 5.41) is 8.72. The van der Waals surface area contributed by atoms with Gasteiger partial charge in [-0.05, 0) is 18.6 Å². The first-order valence-corrected chi connectivity index (χ1v) is 8.23. The monoisotopic (exact) mass is 302 g/mol. The Morgan fingerprint density at radius 1 is 1.15 bits per heavy atom. The van der Waals surface area contributed by atoms with Gasteiger partial charge in [0.25, 0.3) is 0 Å². The molecule has 0 radical (unpaired) electrons. The second-order valence-corrected chi connectivity index (χ2v) is 6.82. The normalized spacial score (nSPS) is 17.4. The van der Waals surface area contributed by atoms with Crippen molar-refractivity contribution in [3.8, 4) is 0 Å². The number of benzene rings is 1. The van der Waals surface area contributed by atoms with Crippen LogP contribution in [0.15, 0.2) is 24.3 Å². The van der Waals surface area contributed by atoms with Crippen molar-refractivity contribution in [3.63, 3.8) is 0 Å². The SMILES string of the molecule is O=S(=O)(CCCO)N1CCN(c2ccccc2F)CC1. The van der Waals surface area contributed by atoms with Gasteiger partial charge in [-0.25, -0.2) is 12.8 Å². The maximum Gasteiger partial charge on any atom is 0.214 e. The van der Waals surface area contributed by atoms with E-state index >= 15 is 0 Å². The fraction of sp³-hybridized carbons (Fsp3) is 0.538. The molecule has 0 saturated carbocycles. The van der Waals surface area contributed by atoms with Gasteiger partial charge < -0.3 is 10.0 Å². The number of sulfonamides is 1. The average molecular weight is 302 g/mol. The quantitative estimate of drug-likeness (QED) is 0.868. The highest BCUT2D eigenvalue weighted by Gasteiger charge is 2.27. The minimum absolute atomic E-state index is 0.0385. The van der Waals surface area contributed by atoms with Gasteiger partial charge in [0.1, 0.15) is 5.82 Å². The molecule has 0 bridgehead atoms. The van der Waals surface area contributed by atoms with E-state index in [0.717, 1.165) is 0 Å². The van der Waals surface area contributed by atoms with Gasteiger partial charge in [0.15, 0.2) is 0 Å². The Balaban J connectivity index is 1.98. The highest BCUT2D eigenvalue weighted by molar-refractivity contribution is 7.89. The molecule has 7 heteroatoms. The van der Waals surface area contributed by atoms with Gasteiger partial charge in [-0.3, -0.25) is 0 Å². The molecule has 0 aromatic heterocycles. The molecule has 112 valence electrons. The van der Waals surface area contributed by atoms with E-state index in [1.807, 2.05) is 4.90 Å². The minimum Gasteiger partial charge on any atom is -0.396 e. The summed E-state index contributed by atoms with van der Waals surface area (Å²) in [7, 11) is -3.31. The van der Waals surface area contributed by atoms with Crippen molar-refractivity contribution in [1.29, 1.82) is 0 Å². The molecule has 0 aliphatic carbocycles. The van der Waals surface area contributed by atoms with Gasteiger partial charge in [0.05, 0.1) is 11.4 Å². The van der Waals surface area contributed by atoms with Crippen molar-refractivity contribution in [2.45, 2.75) is 6.42 Å². The van der Waals surface area contributed by atoms with Gasteiger partial charge in [-0.1, -0.05) is 12.1 Å². The molecule has 1 aromatic carbocycles. The fourth-order valence-electron chi connectivity index (χ4n) is 2.29. The lowest BCUT2D eigenvalue weighted by molar-refractivity contribution is 0.293. The number of anilines is 1. The van der Waals surface area contributed by atoms with Crippen LogP contribution in [0, 0.1) is 5.82 Å². The molecule has 1 saturated heterocycles.